The van der Waals surface area contributed by atoms with Crippen LogP contribution >= 0.6 is 0 Å². The van der Waals surface area contributed by atoms with Crippen molar-refractivity contribution in [2.24, 2.45) is 0 Å². The van der Waals surface area contributed by atoms with Crippen LogP contribution < -0.4 is 10.5 Å². The first-order valence-corrected chi connectivity index (χ1v) is 12.0. The fourth-order valence-corrected chi connectivity index (χ4v) is 4.80. The highest BCUT2D eigenvalue weighted by atomic mass is 16.3. The molecule has 0 aliphatic carbocycles. The second kappa shape index (κ2) is 9.80. The molecule has 0 radical (unpaired) electrons. The quantitative estimate of drug-likeness (QED) is 0.541. The lowest BCUT2D eigenvalue weighted by Crippen LogP contribution is -2.50. The van der Waals surface area contributed by atoms with E-state index in [1.54, 1.807) is 26.8 Å². The summed E-state index contributed by atoms with van der Waals surface area (Å²) in [5, 5.41) is 4.28. The first-order valence-electron chi connectivity index (χ1n) is 12.0. The Kier molecular flexibility index (Phi) is 6.41. The molecule has 10 nitrogen and oxygen atoms in total. The van der Waals surface area contributed by atoms with E-state index >= 15 is 0 Å². The van der Waals surface area contributed by atoms with E-state index in [-0.39, 0.29) is 53.7 Å². The van der Waals surface area contributed by atoms with Crippen LogP contribution in [0.3, 0.4) is 0 Å². The Morgan fingerprint density at radius 1 is 0.944 bits per heavy atom. The molecule has 5 rings (SSSR count). The third-order valence-electron chi connectivity index (χ3n) is 6.70. The molecule has 2 aliphatic rings. The van der Waals surface area contributed by atoms with Gasteiger partial charge >= 0.3 is 0 Å². The topological polar surface area (TPSA) is 109 Å². The van der Waals surface area contributed by atoms with E-state index in [4.69, 9.17) is 4.42 Å². The van der Waals surface area contributed by atoms with Gasteiger partial charge in [0, 0.05) is 50.4 Å². The van der Waals surface area contributed by atoms with Crippen molar-refractivity contribution in [3.8, 4) is 0 Å². The molecule has 0 spiro atoms. The average molecular weight is 490 g/mol. The Balaban J connectivity index is 1.20. The second-order valence-corrected chi connectivity index (χ2v) is 9.04. The van der Waals surface area contributed by atoms with Gasteiger partial charge in [0.25, 0.3) is 17.4 Å². The van der Waals surface area contributed by atoms with Crippen LogP contribution in [-0.4, -0.2) is 69.5 Å². The van der Waals surface area contributed by atoms with E-state index in [1.807, 2.05) is 31.2 Å². The number of hydrogen-bond donors (Lipinski definition) is 0. The van der Waals surface area contributed by atoms with E-state index in [2.05, 4.69) is 5.10 Å². The van der Waals surface area contributed by atoms with Crippen LogP contribution in [0.25, 0.3) is 0 Å². The number of fused-ring (bicyclic) bond motifs is 1. The van der Waals surface area contributed by atoms with Crippen molar-refractivity contribution in [2.75, 3.05) is 31.1 Å². The summed E-state index contributed by atoms with van der Waals surface area (Å²) in [5.41, 5.74) is 1.75. The molecule has 0 bridgehead atoms. The summed E-state index contributed by atoms with van der Waals surface area (Å²) in [5.74, 6) is -0.321. The third kappa shape index (κ3) is 4.53. The molecule has 2 aromatic heterocycles. The smallest absolute Gasteiger partial charge is 0.289 e. The molecule has 10 heteroatoms. The number of aromatic nitrogens is 2. The van der Waals surface area contributed by atoms with E-state index in [9.17, 15) is 19.2 Å². The predicted molar refractivity (Wildman–Crippen MR) is 131 cm³/mol. The maximum atomic E-state index is 13.3. The Morgan fingerprint density at radius 2 is 1.69 bits per heavy atom. The minimum Gasteiger partial charge on any atom is -0.459 e. The lowest BCUT2D eigenvalue weighted by molar-refractivity contribution is -0.133. The molecule has 1 aromatic carbocycles. The van der Waals surface area contributed by atoms with Crippen molar-refractivity contribution in [3.63, 3.8) is 0 Å². The summed E-state index contributed by atoms with van der Waals surface area (Å²) in [6, 6.07) is 13.8. The van der Waals surface area contributed by atoms with Crippen LogP contribution in [0.4, 0.5) is 5.69 Å². The molecular weight excluding hydrogens is 462 g/mol. The Bertz CT molecular complexity index is 1340. The number of carbonyl (C=O) groups excluding carboxylic acids is 3. The van der Waals surface area contributed by atoms with Gasteiger partial charge in [-0.2, -0.15) is 5.10 Å². The average Bonchev–Trinajstić information content (AvgIpc) is 3.55. The molecule has 0 unspecified atom stereocenters. The Labute approximate surface area is 207 Å². The molecule has 2 aliphatic heterocycles. The zero-order chi connectivity index (χ0) is 25.2. The molecule has 1 atom stereocenters. The van der Waals surface area contributed by atoms with Gasteiger partial charge in [0.2, 0.25) is 5.91 Å². The van der Waals surface area contributed by atoms with Crippen LogP contribution in [0.1, 0.15) is 40.0 Å². The van der Waals surface area contributed by atoms with E-state index in [1.165, 1.54) is 23.1 Å². The summed E-state index contributed by atoms with van der Waals surface area (Å²) in [7, 11) is 0. The van der Waals surface area contributed by atoms with Crippen molar-refractivity contribution in [1.29, 1.82) is 0 Å². The fourth-order valence-electron chi connectivity index (χ4n) is 4.80. The number of hydrogen-bond acceptors (Lipinski definition) is 6. The van der Waals surface area contributed by atoms with Gasteiger partial charge in [-0.25, -0.2) is 4.68 Å². The molecule has 186 valence electrons. The van der Waals surface area contributed by atoms with Gasteiger partial charge in [-0.1, -0.05) is 18.2 Å². The summed E-state index contributed by atoms with van der Waals surface area (Å²) in [4.78, 5) is 55.9. The van der Waals surface area contributed by atoms with Gasteiger partial charge in [0.15, 0.2) is 5.76 Å². The molecule has 1 fully saturated rings. The number of piperazine rings is 1. The number of carbonyl (C=O) groups is 3. The van der Waals surface area contributed by atoms with E-state index in [0.29, 0.717) is 26.2 Å². The minimum atomic E-state index is -0.372. The van der Waals surface area contributed by atoms with Crippen LogP contribution in [-0.2, 0) is 17.8 Å². The number of furan rings is 1. The van der Waals surface area contributed by atoms with Gasteiger partial charge in [-0.3, -0.25) is 19.2 Å². The molecular formula is C26H27N5O5. The molecule has 4 heterocycles. The van der Waals surface area contributed by atoms with Crippen molar-refractivity contribution >= 4 is 23.4 Å². The molecule has 36 heavy (non-hydrogen) atoms. The number of amides is 3. The summed E-state index contributed by atoms with van der Waals surface area (Å²) >= 11 is 0. The number of para-hydroxylation sites is 1. The Hall–Kier alpha value is -4.21. The largest absolute Gasteiger partial charge is 0.459 e. The van der Waals surface area contributed by atoms with Crippen molar-refractivity contribution < 1.29 is 18.8 Å². The highest BCUT2D eigenvalue weighted by Gasteiger charge is 2.32. The second-order valence-electron chi connectivity index (χ2n) is 9.04. The van der Waals surface area contributed by atoms with Crippen molar-refractivity contribution in [2.45, 2.75) is 32.4 Å². The number of benzene rings is 1. The molecule has 0 saturated carbocycles. The van der Waals surface area contributed by atoms with E-state index in [0.717, 1.165) is 17.7 Å². The first-order chi connectivity index (χ1) is 17.4. The van der Waals surface area contributed by atoms with Crippen molar-refractivity contribution in [3.05, 3.63) is 82.2 Å². The summed E-state index contributed by atoms with van der Waals surface area (Å²) < 4.78 is 6.34. The SMILES string of the molecule is C[C@@H]1Cc2ccccc2N1C(=O)c1ccc(=O)n(CCC(=O)N2CCN(C(=O)c3ccco3)CC2)n1. The van der Waals surface area contributed by atoms with Gasteiger partial charge in [-0.05, 0) is 43.2 Å². The summed E-state index contributed by atoms with van der Waals surface area (Å²) in [6.07, 6.45) is 2.28. The fraction of sp³-hybridized carbons (Fsp3) is 0.346. The Morgan fingerprint density at radius 3 is 2.44 bits per heavy atom. The number of anilines is 1. The van der Waals surface area contributed by atoms with Crippen molar-refractivity contribution in [1.82, 2.24) is 19.6 Å². The predicted octanol–water partition coefficient (Wildman–Crippen LogP) is 1.80. The number of aryl methyl sites for hydroxylation is 1. The van der Waals surface area contributed by atoms with Crippen LogP contribution in [0, 0.1) is 0 Å². The van der Waals surface area contributed by atoms with Gasteiger partial charge in [0.05, 0.1) is 12.8 Å². The summed E-state index contributed by atoms with van der Waals surface area (Å²) in [6.45, 7) is 3.66. The number of rotatable bonds is 5. The molecule has 3 amide bonds. The molecule has 0 N–H and O–H groups in total. The normalized spacial score (nSPS) is 17.2. The van der Waals surface area contributed by atoms with Gasteiger partial charge in [0.1, 0.15) is 5.69 Å². The van der Waals surface area contributed by atoms with Crippen LogP contribution in [0.15, 0.2) is 64.0 Å². The lowest BCUT2D eigenvalue weighted by atomic mass is 10.1. The lowest BCUT2D eigenvalue weighted by Gasteiger charge is -2.34. The van der Waals surface area contributed by atoms with E-state index < -0.39 is 0 Å². The monoisotopic (exact) mass is 489 g/mol. The maximum absolute atomic E-state index is 13.3. The third-order valence-corrected chi connectivity index (χ3v) is 6.70. The highest BCUT2D eigenvalue weighted by molar-refractivity contribution is 6.06. The molecule has 1 saturated heterocycles. The highest BCUT2D eigenvalue weighted by Crippen LogP contribution is 2.32. The zero-order valence-corrected chi connectivity index (χ0v) is 20.0. The maximum Gasteiger partial charge on any atom is 0.289 e. The molecule has 3 aromatic rings. The number of nitrogens with zero attached hydrogens (tertiary/aromatic N) is 5. The minimum absolute atomic E-state index is 0.0167. The standard InChI is InChI=1S/C26H27N5O5/c1-18-17-19-5-2-3-6-21(19)31(18)25(34)20-8-9-24(33)30(27-20)11-10-23(32)28-12-14-29(15-13-28)26(35)22-7-4-16-36-22/h2-9,16,18H,10-15,17H2,1H3/t18-/m1/s1. The van der Waals surface area contributed by atoms with Crippen LogP contribution in [0.2, 0.25) is 0 Å². The zero-order valence-electron chi connectivity index (χ0n) is 20.0. The van der Waals surface area contributed by atoms with Gasteiger partial charge < -0.3 is 19.1 Å². The first kappa shape index (κ1) is 23.5. The van der Waals surface area contributed by atoms with Crippen LogP contribution in [0.5, 0.6) is 0 Å². The van der Waals surface area contributed by atoms with Gasteiger partial charge in [-0.15, -0.1) is 0 Å².